The van der Waals surface area contributed by atoms with E-state index in [2.05, 4.69) is 0 Å². The van der Waals surface area contributed by atoms with Crippen molar-refractivity contribution in [2.45, 2.75) is 25.9 Å². The molecule has 1 N–H and O–H groups in total. The molecule has 0 unspecified atom stereocenters. The maximum Gasteiger partial charge on any atom is 0.417 e. The molecular weight excluding hydrogens is 265 g/mol. The van der Waals surface area contributed by atoms with Crippen LogP contribution in [0.1, 0.15) is 30.9 Å². The van der Waals surface area contributed by atoms with Gasteiger partial charge in [0, 0.05) is 11.1 Å². The summed E-state index contributed by atoms with van der Waals surface area (Å²) in [5.74, 6) is -0.320. The molecule has 2 rings (SSSR count). The molecule has 0 fully saturated rings. The molecule has 0 atom stereocenters. The average molecular weight is 280 g/mol. The van der Waals surface area contributed by atoms with E-state index in [0.717, 1.165) is 12.1 Å². The van der Waals surface area contributed by atoms with Crippen LogP contribution in [0.15, 0.2) is 42.5 Å². The highest BCUT2D eigenvalue weighted by molar-refractivity contribution is 5.75. The van der Waals surface area contributed by atoms with E-state index in [9.17, 15) is 18.3 Å². The first-order chi connectivity index (χ1) is 9.32. The molecule has 0 amide bonds. The van der Waals surface area contributed by atoms with E-state index in [1.54, 1.807) is 44.2 Å². The molecule has 0 spiro atoms. The Labute approximate surface area is 115 Å². The van der Waals surface area contributed by atoms with Gasteiger partial charge in [0.05, 0.1) is 5.56 Å². The van der Waals surface area contributed by atoms with Crippen molar-refractivity contribution < 1.29 is 18.3 Å². The maximum atomic E-state index is 13.2. The fourth-order valence-electron chi connectivity index (χ4n) is 2.35. The van der Waals surface area contributed by atoms with E-state index in [1.165, 1.54) is 0 Å². The van der Waals surface area contributed by atoms with Gasteiger partial charge in [-0.15, -0.1) is 0 Å². The van der Waals surface area contributed by atoms with E-state index in [1.807, 2.05) is 0 Å². The van der Waals surface area contributed by atoms with Gasteiger partial charge in [-0.3, -0.25) is 0 Å². The molecule has 2 aromatic rings. The van der Waals surface area contributed by atoms with E-state index in [-0.39, 0.29) is 17.2 Å². The summed E-state index contributed by atoms with van der Waals surface area (Å²) in [4.78, 5) is 0. The van der Waals surface area contributed by atoms with E-state index in [0.29, 0.717) is 11.1 Å². The molecule has 0 bridgehead atoms. The number of phenols is 1. The van der Waals surface area contributed by atoms with Crippen molar-refractivity contribution in [3.63, 3.8) is 0 Å². The van der Waals surface area contributed by atoms with Crippen LogP contribution in [-0.2, 0) is 6.18 Å². The lowest BCUT2D eigenvalue weighted by Gasteiger charge is -2.20. The lowest BCUT2D eigenvalue weighted by atomic mass is 9.88. The van der Waals surface area contributed by atoms with Gasteiger partial charge in [0.25, 0.3) is 0 Å². The standard InChI is InChI=1S/C16H15F3O/c1-10(2)14-13(20)9-8-12(16(17,18)19)15(14)11-6-4-3-5-7-11/h3-10,20H,1-2H3. The highest BCUT2D eigenvalue weighted by Gasteiger charge is 2.35. The summed E-state index contributed by atoms with van der Waals surface area (Å²) < 4.78 is 39.7. The second-order valence-electron chi connectivity index (χ2n) is 4.94. The number of rotatable bonds is 2. The molecule has 0 heterocycles. The van der Waals surface area contributed by atoms with Crippen LogP contribution < -0.4 is 0 Å². The summed E-state index contributed by atoms with van der Waals surface area (Å²) in [6.45, 7) is 3.53. The van der Waals surface area contributed by atoms with Gasteiger partial charge in [0.2, 0.25) is 0 Å². The zero-order valence-electron chi connectivity index (χ0n) is 11.2. The average Bonchev–Trinajstić information content (AvgIpc) is 2.37. The molecule has 0 radical (unpaired) electrons. The van der Waals surface area contributed by atoms with E-state index >= 15 is 0 Å². The van der Waals surface area contributed by atoms with Crippen LogP contribution >= 0.6 is 0 Å². The summed E-state index contributed by atoms with van der Waals surface area (Å²) in [5.41, 5.74) is 0.128. The summed E-state index contributed by atoms with van der Waals surface area (Å²) >= 11 is 0. The van der Waals surface area contributed by atoms with E-state index in [4.69, 9.17) is 0 Å². The normalized spacial score (nSPS) is 11.9. The third-order valence-corrected chi connectivity index (χ3v) is 3.17. The van der Waals surface area contributed by atoms with Crippen molar-refractivity contribution in [1.29, 1.82) is 0 Å². The summed E-state index contributed by atoms with van der Waals surface area (Å²) in [6.07, 6.45) is -4.46. The van der Waals surface area contributed by atoms with Crippen LogP contribution in [0.3, 0.4) is 0 Å². The Morgan fingerprint density at radius 3 is 2.05 bits per heavy atom. The van der Waals surface area contributed by atoms with Gasteiger partial charge in [-0.1, -0.05) is 44.2 Å². The number of hydrogen-bond donors (Lipinski definition) is 1. The summed E-state index contributed by atoms with van der Waals surface area (Å²) in [7, 11) is 0. The molecule has 20 heavy (non-hydrogen) atoms. The fraction of sp³-hybridized carbons (Fsp3) is 0.250. The summed E-state index contributed by atoms with van der Waals surface area (Å²) in [5, 5.41) is 9.95. The molecule has 4 heteroatoms. The first kappa shape index (κ1) is 14.4. The Balaban J connectivity index is 2.83. The van der Waals surface area contributed by atoms with Crippen LogP contribution in [0.2, 0.25) is 0 Å². The van der Waals surface area contributed by atoms with Gasteiger partial charge in [-0.25, -0.2) is 0 Å². The number of benzene rings is 2. The number of hydrogen-bond acceptors (Lipinski definition) is 1. The Kier molecular flexibility index (Phi) is 3.75. The lowest BCUT2D eigenvalue weighted by molar-refractivity contribution is -0.137. The van der Waals surface area contributed by atoms with Crippen molar-refractivity contribution in [1.82, 2.24) is 0 Å². The van der Waals surface area contributed by atoms with Crippen LogP contribution in [0.5, 0.6) is 5.75 Å². The van der Waals surface area contributed by atoms with Crippen LogP contribution in [0, 0.1) is 0 Å². The molecule has 2 aromatic carbocycles. The minimum absolute atomic E-state index is 0.0631. The van der Waals surface area contributed by atoms with Crippen molar-refractivity contribution in [2.24, 2.45) is 0 Å². The topological polar surface area (TPSA) is 20.2 Å². The molecule has 0 aromatic heterocycles. The van der Waals surface area contributed by atoms with Gasteiger partial charge >= 0.3 is 6.18 Å². The smallest absolute Gasteiger partial charge is 0.417 e. The second kappa shape index (κ2) is 5.19. The number of aromatic hydroxyl groups is 1. The van der Waals surface area contributed by atoms with E-state index < -0.39 is 11.7 Å². The number of alkyl halides is 3. The molecule has 0 aliphatic heterocycles. The molecule has 0 aliphatic rings. The molecular formula is C16H15F3O. The van der Waals surface area contributed by atoms with Gasteiger partial charge in [0.15, 0.2) is 0 Å². The quantitative estimate of drug-likeness (QED) is 0.801. The van der Waals surface area contributed by atoms with Crippen LogP contribution in [0.25, 0.3) is 11.1 Å². The second-order valence-corrected chi connectivity index (χ2v) is 4.94. The van der Waals surface area contributed by atoms with Crippen molar-refractivity contribution in [2.75, 3.05) is 0 Å². The number of halogens is 3. The highest BCUT2D eigenvalue weighted by Crippen LogP contribution is 2.44. The largest absolute Gasteiger partial charge is 0.508 e. The number of phenolic OH excluding ortho intramolecular Hbond substituents is 1. The Bertz CT molecular complexity index is 601. The Morgan fingerprint density at radius 1 is 0.950 bits per heavy atom. The molecule has 1 nitrogen and oxygen atoms in total. The first-order valence-electron chi connectivity index (χ1n) is 6.31. The third-order valence-electron chi connectivity index (χ3n) is 3.17. The predicted octanol–water partition coefficient (Wildman–Crippen LogP) is 5.20. The molecule has 0 saturated carbocycles. The van der Waals surface area contributed by atoms with Gasteiger partial charge in [-0.2, -0.15) is 13.2 Å². The first-order valence-corrected chi connectivity index (χ1v) is 6.31. The zero-order chi connectivity index (χ0) is 14.9. The minimum Gasteiger partial charge on any atom is -0.508 e. The Hall–Kier alpha value is -1.97. The highest BCUT2D eigenvalue weighted by atomic mass is 19.4. The Morgan fingerprint density at radius 2 is 1.55 bits per heavy atom. The molecule has 106 valence electrons. The van der Waals surface area contributed by atoms with Crippen molar-refractivity contribution in [3.8, 4) is 16.9 Å². The van der Waals surface area contributed by atoms with Crippen LogP contribution in [-0.4, -0.2) is 5.11 Å². The minimum atomic E-state index is -4.46. The van der Waals surface area contributed by atoms with Crippen molar-refractivity contribution >= 4 is 0 Å². The van der Waals surface area contributed by atoms with Gasteiger partial charge in [0.1, 0.15) is 5.75 Å². The van der Waals surface area contributed by atoms with Gasteiger partial charge < -0.3 is 5.11 Å². The monoisotopic (exact) mass is 280 g/mol. The fourth-order valence-corrected chi connectivity index (χ4v) is 2.35. The predicted molar refractivity (Wildman–Crippen MR) is 72.6 cm³/mol. The SMILES string of the molecule is CC(C)c1c(O)ccc(C(F)(F)F)c1-c1ccccc1. The van der Waals surface area contributed by atoms with Crippen molar-refractivity contribution in [3.05, 3.63) is 53.6 Å². The third kappa shape index (κ3) is 2.64. The zero-order valence-corrected chi connectivity index (χ0v) is 11.2. The lowest BCUT2D eigenvalue weighted by Crippen LogP contribution is -2.09. The molecule has 0 saturated heterocycles. The van der Waals surface area contributed by atoms with Gasteiger partial charge in [-0.05, 0) is 23.6 Å². The summed E-state index contributed by atoms with van der Waals surface area (Å²) in [6, 6.07) is 10.4. The van der Waals surface area contributed by atoms with Crippen LogP contribution in [0.4, 0.5) is 13.2 Å². The molecule has 0 aliphatic carbocycles. The maximum absolute atomic E-state index is 13.2.